The van der Waals surface area contributed by atoms with E-state index in [1.54, 1.807) is 7.11 Å². The van der Waals surface area contributed by atoms with Gasteiger partial charge in [0.2, 0.25) is 5.89 Å². The maximum absolute atomic E-state index is 5.35. The number of hydrogen-bond donors (Lipinski definition) is 0. The number of aryl methyl sites for hydroxylation is 1. The van der Waals surface area contributed by atoms with Crippen LogP contribution in [-0.2, 0) is 24.2 Å². The summed E-state index contributed by atoms with van der Waals surface area (Å²) in [6, 6.07) is 0.480. The van der Waals surface area contributed by atoms with Crippen LogP contribution in [0.4, 0.5) is 0 Å². The lowest BCUT2D eigenvalue weighted by Crippen LogP contribution is -2.32. The molecule has 0 spiro atoms. The summed E-state index contributed by atoms with van der Waals surface area (Å²) in [7, 11) is 1.67. The lowest BCUT2D eigenvalue weighted by Gasteiger charge is -2.22. The highest BCUT2D eigenvalue weighted by Crippen LogP contribution is 2.21. The van der Waals surface area contributed by atoms with E-state index >= 15 is 0 Å². The molecule has 120 valence electrons. The molecule has 2 aromatic heterocycles. The van der Waals surface area contributed by atoms with Crippen molar-refractivity contribution < 1.29 is 9.26 Å². The van der Waals surface area contributed by atoms with Gasteiger partial charge in [-0.05, 0) is 31.9 Å². The number of hydrogen-bond acceptors (Lipinski definition) is 6. The molecular weight excluding hydrogens is 282 g/mol. The molecule has 0 aromatic carbocycles. The smallest absolute Gasteiger partial charge is 0.240 e. The van der Waals surface area contributed by atoms with E-state index in [9.17, 15) is 0 Å². The maximum atomic E-state index is 5.35. The normalized spacial score (nSPS) is 19.1. The van der Waals surface area contributed by atoms with Crippen molar-refractivity contribution in [3.8, 4) is 0 Å². The summed E-state index contributed by atoms with van der Waals surface area (Å²) in [5.41, 5.74) is 1.20. The summed E-state index contributed by atoms with van der Waals surface area (Å²) in [6.45, 7) is 5.38. The topological polar surface area (TPSA) is 69.2 Å². The van der Waals surface area contributed by atoms with Gasteiger partial charge >= 0.3 is 0 Å². The average Bonchev–Trinajstić information content (AvgIpc) is 3.21. The van der Waals surface area contributed by atoms with Crippen LogP contribution in [0.1, 0.15) is 30.1 Å². The van der Waals surface area contributed by atoms with Crippen LogP contribution in [0.2, 0.25) is 0 Å². The van der Waals surface area contributed by atoms with Gasteiger partial charge in [-0.3, -0.25) is 9.58 Å². The molecule has 2 aromatic rings. The Hall–Kier alpha value is -1.73. The van der Waals surface area contributed by atoms with Crippen LogP contribution in [0.5, 0.6) is 0 Å². The largest absolute Gasteiger partial charge is 0.384 e. The third kappa shape index (κ3) is 3.72. The molecule has 1 atom stereocenters. The standard InChI is InChI=1S/C15H23N5O2/c1-12-8-16-20(9-12)10-13-4-3-6-19(13)11-15-17-14(18-22-15)5-7-21-2/h8-9,13H,3-7,10-11H2,1-2H3/t13-/m1/s1. The van der Waals surface area contributed by atoms with Gasteiger partial charge < -0.3 is 9.26 Å². The number of aromatic nitrogens is 4. The summed E-state index contributed by atoms with van der Waals surface area (Å²) in [5.74, 6) is 1.41. The van der Waals surface area contributed by atoms with E-state index in [-0.39, 0.29) is 0 Å². The van der Waals surface area contributed by atoms with E-state index in [1.165, 1.54) is 18.4 Å². The Labute approximate surface area is 130 Å². The molecule has 0 aliphatic carbocycles. The zero-order valence-electron chi connectivity index (χ0n) is 13.2. The molecule has 7 nitrogen and oxygen atoms in total. The maximum Gasteiger partial charge on any atom is 0.240 e. The average molecular weight is 305 g/mol. The highest BCUT2D eigenvalue weighted by Gasteiger charge is 2.26. The second-order valence-corrected chi connectivity index (χ2v) is 5.85. The first-order valence-electron chi connectivity index (χ1n) is 7.78. The molecule has 0 radical (unpaired) electrons. The lowest BCUT2D eigenvalue weighted by atomic mass is 10.2. The fraction of sp³-hybridized carbons (Fsp3) is 0.667. The molecule has 1 aliphatic heterocycles. The van der Waals surface area contributed by atoms with Crippen molar-refractivity contribution in [3.63, 3.8) is 0 Å². The summed E-state index contributed by atoms with van der Waals surface area (Å²) < 4.78 is 12.4. The van der Waals surface area contributed by atoms with Crippen molar-refractivity contribution in [1.82, 2.24) is 24.8 Å². The van der Waals surface area contributed by atoms with Crippen molar-refractivity contribution in [1.29, 1.82) is 0 Å². The molecule has 0 bridgehead atoms. The first-order chi connectivity index (χ1) is 10.7. The molecule has 0 unspecified atom stereocenters. The van der Waals surface area contributed by atoms with Gasteiger partial charge in [0.1, 0.15) is 0 Å². The predicted octanol–water partition coefficient (Wildman–Crippen LogP) is 1.43. The lowest BCUT2D eigenvalue weighted by molar-refractivity contribution is 0.191. The monoisotopic (exact) mass is 305 g/mol. The molecule has 0 amide bonds. The molecule has 0 N–H and O–H groups in total. The molecule has 1 saturated heterocycles. The summed E-state index contributed by atoms with van der Waals surface area (Å²) >= 11 is 0. The predicted molar refractivity (Wildman–Crippen MR) is 80.3 cm³/mol. The van der Waals surface area contributed by atoms with E-state index in [0.29, 0.717) is 31.5 Å². The molecule has 3 rings (SSSR count). The van der Waals surface area contributed by atoms with Gasteiger partial charge in [-0.2, -0.15) is 10.1 Å². The third-order valence-corrected chi connectivity index (χ3v) is 4.04. The Morgan fingerprint density at radius 3 is 3.14 bits per heavy atom. The highest BCUT2D eigenvalue weighted by atomic mass is 16.5. The van der Waals surface area contributed by atoms with Crippen LogP contribution in [0.15, 0.2) is 16.9 Å². The van der Waals surface area contributed by atoms with Gasteiger partial charge in [-0.1, -0.05) is 5.16 Å². The van der Waals surface area contributed by atoms with E-state index in [0.717, 1.165) is 18.9 Å². The molecule has 22 heavy (non-hydrogen) atoms. The Kier molecular flexibility index (Phi) is 4.84. The van der Waals surface area contributed by atoms with Crippen LogP contribution in [0.3, 0.4) is 0 Å². The van der Waals surface area contributed by atoms with Crippen LogP contribution < -0.4 is 0 Å². The number of methoxy groups -OCH3 is 1. The minimum Gasteiger partial charge on any atom is -0.384 e. The number of ether oxygens (including phenoxy) is 1. The van der Waals surface area contributed by atoms with Crippen LogP contribution in [0, 0.1) is 6.92 Å². The second-order valence-electron chi connectivity index (χ2n) is 5.85. The molecule has 7 heteroatoms. The molecule has 0 saturated carbocycles. The Morgan fingerprint density at radius 2 is 2.36 bits per heavy atom. The Bertz CT molecular complexity index is 594. The zero-order chi connectivity index (χ0) is 15.4. The molecular formula is C15H23N5O2. The van der Waals surface area contributed by atoms with Crippen molar-refractivity contribution in [3.05, 3.63) is 29.7 Å². The molecule has 1 fully saturated rings. The summed E-state index contributed by atoms with van der Waals surface area (Å²) in [5, 5.41) is 8.38. The van der Waals surface area contributed by atoms with Gasteiger partial charge in [0.25, 0.3) is 0 Å². The number of rotatable bonds is 7. The van der Waals surface area contributed by atoms with E-state index in [2.05, 4.69) is 33.3 Å². The SMILES string of the molecule is COCCc1noc(CN2CCC[C@@H]2Cn2cc(C)cn2)n1. The zero-order valence-corrected chi connectivity index (χ0v) is 13.2. The van der Waals surface area contributed by atoms with Crippen molar-refractivity contribution in [2.45, 2.75) is 45.3 Å². The quantitative estimate of drug-likeness (QED) is 0.771. The molecule has 3 heterocycles. The molecule has 1 aliphatic rings. The number of likely N-dealkylation sites (tertiary alicyclic amines) is 1. The highest BCUT2D eigenvalue weighted by molar-refractivity contribution is 5.00. The summed E-state index contributed by atoms with van der Waals surface area (Å²) in [6.07, 6.45) is 7.07. The van der Waals surface area contributed by atoms with Crippen LogP contribution in [0.25, 0.3) is 0 Å². The van der Waals surface area contributed by atoms with Crippen molar-refractivity contribution in [2.24, 2.45) is 0 Å². The summed E-state index contributed by atoms with van der Waals surface area (Å²) in [4.78, 5) is 6.84. The van der Waals surface area contributed by atoms with E-state index in [1.807, 2.05) is 10.9 Å². The van der Waals surface area contributed by atoms with Gasteiger partial charge in [-0.25, -0.2) is 0 Å². The van der Waals surface area contributed by atoms with Gasteiger partial charge in [0.15, 0.2) is 5.82 Å². The van der Waals surface area contributed by atoms with Gasteiger partial charge in [-0.15, -0.1) is 0 Å². The van der Waals surface area contributed by atoms with Gasteiger partial charge in [0.05, 0.1) is 25.9 Å². The van der Waals surface area contributed by atoms with Crippen molar-refractivity contribution >= 4 is 0 Å². The van der Waals surface area contributed by atoms with Crippen molar-refractivity contribution in [2.75, 3.05) is 20.3 Å². The fourth-order valence-corrected chi connectivity index (χ4v) is 2.92. The third-order valence-electron chi connectivity index (χ3n) is 4.04. The van der Waals surface area contributed by atoms with E-state index in [4.69, 9.17) is 9.26 Å². The Morgan fingerprint density at radius 1 is 1.45 bits per heavy atom. The van der Waals surface area contributed by atoms with Crippen LogP contribution in [-0.4, -0.2) is 51.1 Å². The fourth-order valence-electron chi connectivity index (χ4n) is 2.92. The van der Waals surface area contributed by atoms with E-state index < -0.39 is 0 Å². The first-order valence-corrected chi connectivity index (χ1v) is 7.78. The van der Waals surface area contributed by atoms with Gasteiger partial charge in [0, 0.05) is 25.8 Å². The minimum atomic E-state index is 0.480. The number of nitrogens with zero attached hydrogens (tertiary/aromatic N) is 5. The Balaban J connectivity index is 1.57. The minimum absolute atomic E-state index is 0.480. The van der Waals surface area contributed by atoms with Crippen LogP contribution >= 0.6 is 0 Å². The first kappa shape index (κ1) is 15.2. The second kappa shape index (κ2) is 7.02.